The van der Waals surface area contributed by atoms with Crippen LogP contribution in [0.1, 0.15) is 64.5 Å². The van der Waals surface area contributed by atoms with Crippen LogP contribution in [0.4, 0.5) is 0 Å². The summed E-state index contributed by atoms with van der Waals surface area (Å²) in [5.41, 5.74) is 1.80. The van der Waals surface area contributed by atoms with Crippen molar-refractivity contribution in [3.8, 4) is 0 Å². The van der Waals surface area contributed by atoms with Gasteiger partial charge in [-0.2, -0.15) is 0 Å². The average molecular weight is 302 g/mol. The summed E-state index contributed by atoms with van der Waals surface area (Å²) in [7, 11) is -0.367. The van der Waals surface area contributed by atoms with Gasteiger partial charge in [-0.3, -0.25) is 0 Å². The van der Waals surface area contributed by atoms with E-state index in [4.69, 9.17) is 9.31 Å². The molecule has 0 amide bonds. The maximum atomic E-state index is 10.9. The molecule has 1 aliphatic carbocycles. The van der Waals surface area contributed by atoms with Crippen molar-refractivity contribution < 1.29 is 14.4 Å². The summed E-state index contributed by atoms with van der Waals surface area (Å²) in [6.07, 6.45) is 3.88. The summed E-state index contributed by atoms with van der Waals surface area (Å²) >= 11 is 0. The van der Waals surface area contributed by atoms with Gasteiger partial charge in [-0.1, -0.05) is 36.6 Å². The highest BCUT2D eigenvalue weighted by Crippen LogP contribution is 2.40. The molecule has 1 N–H and O–H groups in total. The van der Waals surface area contributed by atoms with Gasteiger partial charge in [0, 0.05) is 0 Å². The number of aliphatic hydroxyl groups is 1. The van der Waals surface area contributed by atoms with Crippen LogP contribution in [-0.2, 0) is 14.9 Å². The van der Waals surface area contributed by atoms with Crippen LogP contribution in [-0.4, -0.2) is 23.4 Å². The monoisotopic (exact) mass is 302 g/mol. The molecule has 1 heterocycles. The molecule has 4 heteroatoms. The standard InChI is InChI=1S/C18H27BO3/c1-13-10-14(18(20)8-6-7-9-18)12-15(11-13)19-21-16(2,3)17(4,5)22-19/h10-12,20H,6-9H2,1-5H3. The highest BCUT2D eigenvalue weighted by atomic mass is 16.7. The zero-order chi connectivity index (χ0) is 16.2. The van der Waals surface area contributed by atoms with Crippen LogP contribution < -0.4 is 5.46 Å². The molecule has 1 aromatic rings. The predicted octanol–water partition coefficient (Wildman–Crippen LogP) is 3.06. The molecule has 1 saturated heterocycles. The first-order valence-electron chi connectivity index (χ1n) is 8.33. The third-order valence-electron chi connectivity index (χ3n) is 5.59. The molecular weight excluding hydrogens is 275 g/mol. The summed E-state index contributed by atoms with van der Waals surface area (Å²) in [5.74, 6) is 0. The second-order valence-corrected chi connectivity index (χ2v) is 7.96. The molecule has 0 atom stereocenters. The van der Waals surface area contributed by atoms with Crippen LogP contribution in [0.3, 0.4) is 0 Å². The van der Waals surface area contributed by atoms with Gasteiger partial charge in [-0.15, -0.1) is 0 Å². The van der Waals surface area contributed by atoms with Crippen LogP contribution in [0.5, 0.6) is 0 Å². The van der Waals surface area contributed by atoms with E-state index in [0.29, 0.717) is 0 Å². The van der Waals surface area contributed by atoms with Crippen LogP contribution in [0.25, 0.3) is 0 Å². The largest absolute Gasteiger partial charge is 0.494 e. The molecule has 3 rings (SSSR count). The van der Waals surface area contributed by atoms with Crippen LogP contribution >= 0.6 is 0 Å². The Bertz CT molecular complexity index is 558. The maximum Gasteiger partial charge on any atom is 0.494 e. The number of benzene rings is 1. The molecule has 0 radical (unpaired) electrons. The predicted molar refractivity (Wildman–Crippen MR) is 89.3 cm³/mol. The lowest BCUT2D eigenvalue weighted by Crippen LogP contribution is -2.41. The van der Waals surface area contributed by atoms with Crippen LogP contribution in [0, 0.1) is 6.92 Å². The Morgan fingerprint density at radius 3 is 2.05 bits per heavy atom. The molecule has 120 valence electrons. The van der Waals surface area contributed by atoms with E-state index in [-0.39, 0.29) is 18.3 Å². The highest BCUT2D eigenvalue weighted by molar-refractivity contribution is 6.62. The van der Waals surface area contributed by atoms with Gasteiger partial charge in [-0.05, 0) is 58.5 Å². The molecule has 0 aromatic heterocycles. The molecule has 1 saturated carbocycles. The number of rotatable bonds is 2. The molecule has 0 unspecified atom stereocenters. The number of hydrogen-bond donors (Lipinski definition) is 1. The Hall–Kier alpha value is -0.835. The van der Waals surface area contributed by atoms with Gasteiger partial charge in [0.1, 0.15) is 0 Å². The third-order valence-corrected chi connectivity index (χ3v) is 5.59. The van der Waals surface area contributed by atoms with Gasteiger partial charge < -0.3 is 14.4 Å². The van der Waals surface area contributed by atoms with Crippen molar-refractivity contribution in [2.45, 2.75) is 77.1 Å². The van der Waals surface area contributed by atoms with Gasteiger partial charge in [0.25, 0.3) is 0 Å². The Morgan fingerprint density at radius 2 is 1.50 bits per heavy atom. The van der Waals surface area contributed by atoms with Gasteiger partial charge >= 0.3 is 7.12 Å². The lowest BCUT2D eigenvalue weighted by Gasteiger charge is -2.32. The van der Waals surface area contributed by atoms with E-state index in [1.165, 1.54) is 0 Å². The summed E-state index contributed by atoms with van der Waals surface area (Å²) in [4.78, 5) is 0. The Morgan fingerprint density at radius 1 is 0.955 bits per heavy atom. The Balaban J connectivity index is 1.94. The molecule has 3 nitrogen and oxygen atoms in total. The molecule has 0 bridgehead atoms. The third kappa shape index (κ3) is 2.62. The molecule has 1 aliphatic heterocycles. The minimum Gasteiger partial charge on any atom is -0.399 e. The first kappa shape index (κ1) is 16.0. The van der Waals surface area contributed by atoms with Crippen molar-refractivity contribution in [1.82, 2.24) is 0 Å². The van der Waals surface area contributed by atoms with Crippen LogP contribution in [0.15, 0.2) is 18.2 Å². The lowest BCUT2D eigenvalue weighted by molar-refractivity contribution is 0.00578. The molecular formula is C18H27BO3. The smallest absolute Gasteiger partial charge is 0.399 e. The van der Waals surface area contributed by atoms with E-state index in [9.17, 15) is 5.11 Å². The van der Waals surface area contributed by atoms with Gasteiger partial charge in [0.2, 0.25) is 0 Å². The van der Waals surface area contributed by atoms with E-state index < -0.39 is 5.60 Å². The minimum atomic E-state index is -0.676. The highest BCUT2D eigenvalue weighted by Gasteiger charge is 2.52. The zero-order valence-electron chi connectivity index (χ0n) is 14.4. The zero-order valence-corrected chi connectivity index (χ0v) is 14.4. The first-order chi connectivity index (χ1) is 10.1. The second-order valence-electron chi connectivity index (χ2n) is 7.96. The second kappa shape index (κ2) is 5.08. The van der Waals surface area contributed by atoms with Crippen LogP contribution in [0.2, 0.25) is 0 Å². The Labute approximate surface area is 134 Å². The Kier molecular flexibility index (Phi) is 3.71. The average Bonchev–Trinajstić information content (AvgIpc) is 2.92. The normalized spacial score (nSPS) is 25.6. The topological polar surface area (TPSA) is 38.7 Å². The molecule has 2 aliphatic rings. The molecule has 0 spiro atoms. The quantitative estimate of drug-likeness (QED) is 0.853. The van der Waals surface area contributed by atoms with Gasteiger partial charge in [-0.25, -0.2) is 0 Å². The summed E-state index contributed by atoms with van der Waals surface area (Å²) in [6.45, 7) is 10.3. The van der Waals surface area contributed by atoms with Crippen molar-refractivity contribution in [3.05, 3.63) is 29.3 Å². The van der Waals surface area contributed by atoms with Crippen molar-refractivity contribution in [2.24, 2.45) is 0 Å². The first-order valence-corrected chi connectivity index (χ1v) is 8.33. The van der Waals surface area contributed by atoms with Gasteiger partial charge in [0.15, 0.2) is 0 Å². The van der Waals surface area contributed by atoms with Gasteiger partial charge in [0.05, 0.1) is 16.8 Å². The molecule has 2 fully saturated rings. The fourth-order valence-corrected chi connectivity index (χ4v) is 3.45. The summed E-state index contributed by atoms with van der Waals surface area (Å²) in [6, 6.07) is 6.27. The minimum absolute atomic E-state index is 0.341. The van der Waals surface area contributed by atoms with E-state index in [2.05, 4.69) is 52.8 Å². The van der Waals surface area contributed by atoms with Crippen molar-refractivity contribution >= 4 is 12.6 Å². The summed E-state index contributed by atoms with van der Waals surface area (Å²) in [5, 5.41) is 10.9. The lowest BCUT2D eigenvalue weighted by atomic mass is 9.75. The van der Waals surface area contributed by atoms with Crippen molar-refractivity contribution in [3.63, 3.8) is 0 Å². The SMILES string of the molecule is Cc1cc(B2OC(C)(C)C(C)(C)O2)cc(C2(O)CCCC2)c1. The van der Waals surface area contributed by atoms with Crippen molar-refractivity contribution in [2.75, 3.05) is 0 Å². The summed E-state index contributed by atoms with van der Waals surface area (Å²) < 4.78 is 12.3. The van der Waals surface area contributed by atoms with E-state index in [0.717, 1.165) is 42.3 Å². The van der Waals surface area contributed by atoms with E-state index in [1.54, 1.807) is 0 Å². The molecule has 1 aromatic carbocycles. The van der Waals surface area contributed by atoms with Crippen molar-refractivity contribution in [1.29, 1.82) is 0 Å². The number of aryl methyl sites for hydroxylation is 1. The van der Waals surface area contributed by atoms with E-state index in [1.807, 2.05) is 0 Å². The fraction of sp³-hybridized carbons (Fsp3) is 0.667. The molecule has 22 heavy (non-hydrogen) atoms. The van der Waals surface area contributed by atoms with E-state index >= 15 is 0 Å². The maximum absolute atomic E-state index is 10.9. The number of hydrogen-bond acceptors (Lipinski definition) is 3. The fourth-order valence-electron chi connectivity index (χ4n) is 3.45.